The first-order valence-corrected chi connectivity index (χ1v) is 7.18. The van der Waals surface area contributed by atoms with Crippen LogP contribution in [-0.2, 0) is 4.79 Å². The molecule has 7 heteroatoms. The van der Waals surface area contributed by atoms with Crippen molar-refractivity contribution in [2.24, 2.45) is 5.10 Å². The molecule has 22 heavy (non-hydrogen) atoms. The number of hydrogen-bond donors (Lipinski definition) is 3. The van der Waals surface area contributed by atoms with Gasteiger partial charge in [0.1, 0.15) is 11.8 Å². The molecule has 0 saturated carbocycles. The van der Waals surface area contributed by atoms with Crippen molar-refractivity contribution in [3.63, 3.8) is 0 Å². The molecule has 0 spiro atoms. The maximum absolute atomic E-state index is 11.9. The summed E-state index contributed by atoms with van der Waals surface area (Å²) in [5.41, 5.74) is 4.70. The summed E-state index contributed by atoms with van der Waals surface area (Å²) in [7, 11) is 0. The molecule has 1 aliphatic rings. The van der Waals surface area contributed by atoms with E-state index in [1.807, 2.05) is 24.3 Å². The largest absolute Gasteiger partial charge is 0.506 e. The Kier molecular flexibility index (Phi) is 3.92. The molecule has 3 rings (SSSR count). The molecular weight excluding hydrogens is 325 g/mol. The van der Waals surface area contributed by atoms with Gasteiger partial charge < -0.3 is 10.4 Å². The Morgan fingerprint density at radius 3 is 2.86 bits per heavy atom. The number of hydrogen-bond acceptors (Lipinski definition) is 4. The molecule has 0 aliphatic carbocycles. The van der Waals surface area contributed by atoms with Crippen LogP contribution in [0.25, 0.3) is 0 Å². The predicted molar refractivity (Wildman–Crippen MR) is 86.7 cm³/mol. The monoisotopic (exact) mass is 335 g/mol. The van der Waals surface area contributed by atoms with Crippen LogP contribution in [0.15, 0.2) is 41.5 Å². The SMILES string of the molecule is O=C1Nc2ccccc2C1N/N=C/c1cc(Cl)cc(Cl)c1O. The minimum atomic E-state index is -0.579. The highest BCUT2D eigenvalue weighted by Gasteiger charge is 2.29. The summed E-state index contributed by atoms with van der Waals surface area (Å²) in [4.78, 5) is 11.9. The number of carbonyl (C=O) groups excluding carboxylic acids is 1. The second-order valence-electron chi connectivity index (χ2n) is 4.72. The van der Waals surface area contributed by atoms with Crippen LogP contribution in [0.1, 0.15) is 17.2 Å². The third-order valence-electron chi connectivity index (χ3n) is 3.26. The summed E-state index contributed by atoms with van der Waals surface area (Å²) in [6, 6.07) is 9.73. The normalized spacial score (nSPS) is 16.6. The molecule has 112 valence electrons. The lowest BCUT2D eigenvalue weighted by Gasteiger charge is -2.08. The molecule has 0 fully saturated rings. The van der Waals surface area contributed by atoms with Gasteiger partial charge in [0.05, 0.1) is 11.2 Å². The van der Waals surface area contributed by atoms with Gasteiger partial charge in [0.15, 0.2) is 0 Å². The number of benzene rings is 2. The fraction of sp³-hybridized carbons (Fsp3) is 0.0667. The minimum Gasteiger partial charge on any atom is -0.506 e. The third kappa shape index (κ3) is 2.73. The van der Waals surface area contributed by atoms with E-state index in [-0.39, 0.29) is 16.7 Å². The van der Waals surface area contributed by atoms with Crippen molar-refractivity contribution in [1.82, 2.24) is 5.43 Å². The van der Waals surface area contributed by atoms with Crippen LogP contribution in [0, 0.1) is 0 Å². The Morgan fingerprint density at radius 2 is 2.05 bits per heavy atom. The van der Waals surface area contributed by atoms with E-state index in [1.54, 1.807) is 0 Å². The van der Waals surface area contributed by atoms with E-state index in [0.717, 1.165) is 11.3 Å². The number of anilines is 1. The number of fused-ring (bicyclic) bond motifs is 1. The van der Waals surface area contributed by atoms with Crippen molar-refractivity contribution in [2.45, 2.75) is 6.04 Å². The quantitative estimate of drug-likeness (QED) is 0.595. The average molecular weight is 336 g/mol. The lowest BCUT2D eigenvalue weighted by atomic mass is 10.1. The molecule has 1 amide bonds. The van der Waals surface area contributed by atoms with Crippen LogP contribution in [0.3, 0.4) is 0 Å². The van der Waals surface area contributed by atoms with E-state index in [0.29, 0.717) is 10.6 Å². The number of phenols is 1. The van der Waals surface area contributed by atoms with Gasteiger partial charge in [-0.1, -0.05) is 41.4 Å². The highest BCUT2D eigenvalue weighted by Crippen LogP contribution is 2.31. The van der Waals surface area contributed by atoms with Crippen molar-refractivity contribution in [2.75, 3.05) is 5.32 Å². The van der Waals surface area contributed by atoms with Gasteiger partial charge in [0.25, 0.3) is 5.91 Å². The number of hydrazone groups is 1. The number of halogens is 2. The first-order valence-electron chi connectivity index (χ1n) is 6.42. The van der Waals surface area contributed by atoms with Gasteiger partial charge >= 0.3 is 0 Å². The Bertz CT molecular complexity index is 777. The molecule has 1 heterocycles. The Hall–Kier alpha value is -2.24. The van der Waals surface area contributed by atoms with Gasteiger partial charge in [0.2, 0.25) is 0 Å². The lowest BCUT2D eigenvalue weighted by Crippen LogP contribution is -2.23. The molecule has 0 bridgehead atoms. The van der Waals surface area contributed by atoms with Crippen LogP contribution in [0.2, 0.25) is 10.0 Å². The molecule has 5 nitrogen and oxygen atoms in total. The van der Waals surface area contributed by atoms with Crippen LogP contribution >= 0.6 is 23.2 Å². The van der Waals surface area contributed by atoms with Crippen LogP contribution in [-0.4, -0.2) is 17.2 Å². The fourth-order valence-corrected chi connectivity index (χ4v) is 2.71. The minimum absolute atomic E-state index is 0.118. The number of carbonyl (C=O) groups is 1. The Morgan fingerprint density at radius 1 is 1.27 bits per heavy atom. The first-order chi connectivity index (χ1) is 10.6. The molecule has 1 atom stereocenters. The summed E-state index contributed by atoms with van der Waals surface area (Å²) in [6.45, 7) is 0. The van der Waals surface area contributed by atoms with E-state index in [2.05, 4.69) is 15.8 Å². The zero-order valence-electron chi connectivity index (χ0n) is 11.2. The highest BCUT2D eigenvalue weighted by molar-refractivity contribution is 6.36. The summed E-state index contributed by atoms with van der Waals surface area (Å²) in [5.74, 6) is -0.306. The van der Waals surface area contributed by atoms with E-state index in [1.165, 1.54) is 18.3 Å². The molecule has 1 unspecified atom stereocenters. The molecule has 0 radical (unpaired) electrons. The summed E-state index contributed by atoms with van der Waals surface area (Å²) >= 11 is 11.7. The molecule has 3 N–H and O–H groups in total. The number of para-hydroxylation sites is 1. The molecule has 2 aromatic rings. The average Bonchev–Trinajstić information content (AvgIpc) is 2.80. The first kappa shape index (κ1) is 14.7. The zero-order chi connectivity index (χ0) is 15.7. The van der Waals surface area contributed by atoms with Crippen LogP contribution in [0.4, 0.5) is 5.69 Å². The highest BCUT2D eigenvalue weighted by atomic mass is 35.5. The molecule has 0 saturated heterocycles. The standard InChI is InChI=1S/C15H11Cl2N3O2/c16-9-5-8(14(21)11(17)6-9)7-18-20-13-10-3-1-2-4-12(10)19-15(13)22/h1-7,13,20-21H,(H,19,22)/b18-7+. The smallest absolute Gasteiger partial charge is 0.253 e. The molecule has 0 aromatic heterocycles. The van der Waals surface area contributed by atoms with Crippen molar-refractivity contribution in [3.8, 4) is 5.75 Å². The van der Waals surface area contributed by atoms with Crippen molar-refractivity contribution >= 4 is 41.0 Å². The van der Waals surface area contributed by atoms with Gasteiger partial charge in [-0.25, -0.2) is 0 Å². The van der Waals surface area contributed by atoms with E-state index >= 15 is 0 Å². The second-order valence-corrected chi connectivity index (χ2v) is 5.57. The maximum atomic E-state index is 11.9. The maximum Gasteiger partial charge on any atom is 0.253 e. The number of amides is 1. The topological polar surface area (TPSA) is 73.7 Å². The van der Waals surface area contributed by atoms with Crippen LogP contribution in [0.5, 0.6) is 5.75 Å². The zero-order valence-corrected chi connectivity index (χ0v) is 12.7. The number of rotatable bonds is 3. The van der Waals surface area contributed by atoms with E-state index in [9.17, 15) is 9.90 Å². The number of aromatic hydroxyl groups is 1. The van der Waals surface area contributed by atoms with E-state index < -0.39 is 6.04 Å². The summed E-state index contributed by atoms with van der Waals surface area (Å²) < 4.78 is 0. The number of nitrogens with one attached hydrogen (secondary N) is 2. The van der Waals surface area contributed by atoms with Gasteiger partial charge in [-0.05, 0) is 18.2 Å². The Balaban J connectivity index is 1.80. The van der Waals surface area contributed by atoms with E-state index in [4.69, 9.17) is 23.2 Å². The van der Waals surface area contributed by atoms with Gasteiger partial charge in [-0.2, -0.15) is 5.10 Å². The second kappa shape index (κ2) is 5.87. The number of nitrogens with zero attached hydrogens (tertiary/aromatic N) is 1. The van der Waals surface area contributed by atoms with Crippen molar-refractivity contribution in [1.29, 1.82) is 0 Å². The van der Waals surface area contributed by atoms with Gasteiger partial charge in [-0.3, -0.25) is 10.2 Å². The lowest BCUT2D eigenvalue weighted by molar-refractivity contribution is -0.117. The molecular formula is C15H11Cl2N3O2. The van der Waals surface area contributed by atoms with Gasteiger partial charge in [-0.15, -0.1) is 0 Å². The Labute approximate surface area is 136 Å². The predicted octanol–water partition coefficient (Wildman–Crippen LogP) is 3.32. The van der Waals surface area contributed by atoms with Crippen molar-refractivity contribution < 1.29 is 9.90 Å². The molecule has 1 aliphatic heterocycles. The fourth-order valence-electron chi connectivity index (χ4n) is 2.20. The number of phenolic OH excluding ortho intramolecular Hbond substituents is 1. The summed E-state index contributed by atoms with van der Waals surface area (Å²) in [5, 5.41) is 17.1. The molecule has 2 aromatic carbocycles. The summed E-state index contributed by atoms with van der Waals surface area (Å²) in [6.07, 6.45) is 1.36. The third-order valence-corrected chi connectivity index (χ3v) is 3.76. The van der Waals surface area contributed by atoms with Gasteiger partial charge in [0, 0.05) is 21.8 Å². The van der Waals surface area contributed by atoms with Crippen LogP contribution < -0.4 is 10.7 Å². The van der Waals surface area contributed by atoms with Crippen molar-refractivity contribution in [3.05, 3.63) is 57.6 Å².